The van der Waals surface area contributed by atoms with Gasteiger partial charge in [0.2, 0.25) is 0 Å². The normalized spacial score (nSPS) is 13.7. The molecule has 184 valence electrons. The van der Waals surface area contributed by atoms with Gasteiger partial charge in [-0.1, -0.05) is 18.2 Å². The van der Waals surface area contributed by atoms with E-state index in [9.17, 15) is 14.4 Å². The molecule has 0 aliphatic carbocycles. The summed E-state index contributed by atoms with van der Waals surface area (Å²) in [5, 5.41) is 1.18. The first-order chi connectivity index (χ1) is 15.7. The minimum atomic E-state index is -0.736. The molecule has 9 nitrogen and oxygen atoms in total. The maximum absolute atomic E-state index is 13.6. The fourth-order valence-corrected chi connectivity index (χ4v) is 3.70. The van der Waals surface area contributed by atoms with Crippen LogP contribution in [0.2, 0.25) is 0 Å². The van der Waals surface area contributed by atoms with Crippen molar-refractivity contribution in [3.8, 4) is 0 Å². The molecule has 1 aromatic carbocycles. The van der Waals surface area contributed by atoms with Crippen LogP contribution >= 0.6 is 0 Å². The molecule has 2 aromatic rings. The number of aromatic nitrogens is 1. The van der Waals surface area contributed by atoms with Crippen LogP contribution in [0.3, 0.4) is 0 Å². The fourth-order valence-electron chi connectivity index (χ4n) is 3.70. The number of fused-ring (bicyclic) bond motifs is 1. The molecule has 1 aliphatic heterocycles. The summed E-state index contributed by atoms with van der Waals surface area (Å²) in [4.78, 5) is 40.3. The smallest absolute Gasteiger partial charge is 0.427 e. The van der Waals surface area contributed by atoms with Crippen LogP contribution in [-0.2, 0) is 29.5 Å². The molecule has 0 fully saturated rings. The van der Waals surface area contributed by atoms with Gasteiger partial charge in [-0.25, -0.2) is 20.0 Å². The van der Waals surface area contributed by atoms with E-state index in [2.05, 4.69) is 5.43 Å². The topological polar surface area (TPSA) is 93.1 Å². The number of hydrogen-bond donors (Lipinski definition) is 1. The third-order valence-electron chi connectivity index (χ3n) is 5.12. The molecule has 0 unspecified atom stereocenters. The lowest BCUT2D eigenvalue weighted by molar-refractivity contribution is 0.0222. The van der Waals surface area contributed by atoms with Crippen molar-refractivity contribution < 1.29 is 23.9 Å². The molecule has 0 bridgehead atoms. The number of ether oxygens (including phenoxy) is 2. The number of rotatable bonds is 2. The minimum absolute atomic E-state index is 0.343. The van der Waals surface area contributed by atoms with Gasteiger partial charge >= 0.3 is 12.2 Å². The summed E-state index contributed by atoms with van der Waals surface area (Å²) in [6, 6.07) is 10.6. The summed E-state index contributed by atoms with van der Waals surface area (Å²) in [5.41, 5.74) is 3.98. The summed E-state index contributed by atoms with van der Waals surface area (Å²) in [5.74, 6) is -0.419. The highest BCUT2D eigenvalue weighted by Gasteiger charge is 2.31. The highest BCUT2D eigenvalue weighted by molar-refractivity contribution is 6.06. The van der Waals surface area contributed by atoms with E-state index in [1.165, 1.54) is 5.01 Å². The second kappa shape index (κ2) is 9.40. The molecule has 1 N–H and O–H groups in total. The van der Waals surface area contributed by atoms with Crippen molar-refractivity contribution in [3.05, 3.63) is 53.3 Å². The SMILES string of the molecule is Cn1c(C(=O)N(NC(=O)OC(C)(C)C)c2ccccc2)cc2c1CCN(C(=O)OC(C)(C)C)C2. The van der Waals surface area contributed by atoms with Gasteiger partial charge in [0.05, 0.1) is 12.2 Å². The van der Waals surface area contributed by atoms with E-state index in [-0.39, 0.29) is 6.09 Å². The molecule has 3 rings (SSSR count). The molecule has 0 saturated carbocycles. The zero-order valence-electron chi connectivity index (χ0n) is 21.0. The second-order valence-corrected chi connectivity index (χ2v) is 10.3. The van der Waals surface area contributed by atoms with E-state index >= 15 is 0 Å². The van der Waals surface area contributed by atoms with Crippen LogP contribution in [0.15, 0.2) is 36.4 Å². The highest BCUT2D eigenvalue weighted by Crippen LogP contribution is 2.26. The molecule has 9 heteroatoms. The number of carbonyl (C=O) groups is 3. The molecule has 1 aliphatic rings. The van der Waals surface area contributed by atoms with Crippen molar-refractivity contribution in [2.75, 3.05) is 11.6 Å². The Hall–Kier alpha value is -3.49. The Balaban J connectivity index is 1.87. The number of carbonyl (C=O) groups excluding carboxylic acids is 3. The monoisotopic (exact) mass is 470 g/mol. The fraction of sp³-hybridized carbons (Fsp3) is 0.480. The number of nitrogens with one attached hydrogen (secondary N) is 1. The van der Waals surface area contributed by atoms with Gasteiger partial charge < -0.3 is 18.9 Å². The minimum Gasteiger partial charge on any atom is -0.444 e. The molecule has 0 saturated heterocycles. The van der Waals surface area contributed by atoms with Crippen molar-refractivity contribution in [3.63, 3.8) is 0 Å². The first kappa shape index (κ1) is 25.1. The lowest BCUT2D eigenvalue weighted by Gasteiger charge is -2.30. The van der Waals surface area contributed by atoms with Gasteiger partial charge in [0.1, 0.15) is 16.9 Å². The Labute approximate surface area is 200 Å². The average Bonchev–Trinajstić information content (AvgIpc) is 3.05. The molecular weight excluding hydrogens is 436 g/mol. The van der Waals surface area contributed by atoms with E-state index in [1.807, 2.05) is 38.5 Å². The van der Waals surface area contributed by atoms with Gasteiger partial charge in [-0.05, 0) is 65.3 Å². The number of anilines is 1. The molecule has 0 atom stereocenters. The van der Waals surface area contributed by atoms with Crippen LogP contribution in [0, 0.1) is 0 Å². The maximum atomic E-state index is 13.6. The molecular formula is C25H34N4O5. The molecule has 34 heavy (non-hydrogen) atoms. The van der Waals surface area contributed by atoms with Crippen molar-refractivity contribution in [2.45, 2.75) is 65.7 Å². The number of benzene rings is 1. The number of para-hydroxylation sites is 1. The Morgan fingerprint density at radius 2 is 1.59 bits per heavy atom. The summed E-state index contributed by atoms with van der Waals surface area (Å²) >= 11 is 0. The van der Waals surface area contributed by atoms with E-state index < -0.39 is 23.2 Å². The van der Waals surface area contributed by atoms with E-state index in [0.717, 1.165) is 11.3 Å². The lowest BCUT2D eigenvalue weighted by atomic mass is 10.1. The Morgan fingerprint density at radius 1 is 0.971 bits per heavy atom. The third kappa shape index (κ3) is 6.09. The summed E-state index contributed by atoms with van der Waals surface area (Å²) < 4.78 is 12.7. The predicted molar refractivity (Wildman–Crippen MR) is 128 cm³/mol. The van der Waals surface area contributed by atoms with Crippen LogP contribution in [0.1, 0.15) is 63.3 Å². The summed E-state index contributed by atoms with van der Waals surface area (Å²) in [6.45, 7) is 11.6. The van der Waals surface area contributed by atoms with E-state index in [1.54, 1.807) is 56.0 Å². The van der Waals surface area contributed by atoms with Gasteiger partial charge in [-0.3, -0.25) is 4.79 Å². The Kier molecular flexibility index (Phi) is 6.95. The number of hydrogen-bond acceptors (Lipinski definition) is 5. The molecule has 0 radical (unpaired) electrons. The quantitative estimate of drug-likeness (QED) is 0.657. The predicted octanol–water partition coefficient (Wildman–Crippen LogP) is 4.40. The Morgan fingerprint density at radius 3 is 2.18 bits per heavy atom. The van der Waals surface area contributed by atoms with Crippen LogP contribution in [0.4, 0.5) is 15.3 Å². The number of amides is 3. The van der Waals surface area contributed by atoms with Crippen LogP contribution in [0.5, 0.6) is 0 Å². The average molecular weight is 471 g/mol. The molecule has 3 amide bonds. The highest BCUT2D eigenvalue weighted by atomic mass is 16.6. The zero-order valence-corrected chi connectivity index (χ0v) is 21.0. The van der Waals surface area contributed by atoms with E-state index in [0.29, 0.717) is 30.9 Å². The molecule has 0 spiro atoms. The standard InChI is InChI=1S/C25H34N4O5/c1-24(2,3)33-22(31)26-29(18-11-9-8-10-12-18)21(30)20-15-17-16-28(14-13-19(17)27(20)7)23(32)34-25(4,5)6/h8-12,15H,13-14,16H2,1-7H3,(H,26,31). The first-order valence-electron chi connectivity index (χ1n) is 11.3. The van der Waals surface area contributed by atoms with E-state index in [4.69, 9.17) is 9.47 Å². The Bertz CT molecular complexity index is 1060. The number of nitrogens with zero attached hydrogens (tertiary/aromatic N) is 3. The first-order valence-corrected chi connectivity index (χ1v) is 11.3. The van der Waals surface area contributed by atoms with Gasteiger partial charge in [-0.15, -0.1) is 0 Å². The van der Waals surface area contributed by atoms with Gasteiger partial charge in [-0.2, -0.15) is 0 Å². The zero-order chi connectivity index (χ0) is 25.3. The maximum Gasteiger partial charge on any atom is 0.427 e. The second-order valence-electron chi connectivity index (χ2n) is 10.3. The van der Waals surface area contributed by atoms with Crippen LogP contribution < -0.4 is 10.4 Å². The lowest BCUT2D eigenvalue weighted by Crippen LogP contribution is -2.48. The van der Waals surface area contributed by atoms with Crippen molar-refractivity contribution in [1.29, 1.82) is 0 Å². The van der Waals surface area contributed by atoms with Gasteiger partial charge in [0.25, 0.3) is 5.91 Å². The van der Waals surface area contributed by atoms with Crippen molar-refractivity contribution >= 4 is 23.8 Å². The van der Waals surface area contributed by atoms with Gasteiger partial charge in [0.15, 0.2) is 0 Å². The van der Waals surface area contributed by atoms with Gasteiger partial charge in [0, 0.05) is 25.7 Å². The van der Waals surface area contributed by atoms with Crippen LogP contribution in [0.25, 0.3) is 0 Å². The third-order valence-corrected chi connectivity index (χ3v) is 5.12. The molecule has 2 heterocycles. The largest absolute Gasteiger partial charge is 0.444 e. The van der Waals surface area contributed by atoms with Crippen LogP contribution in [-0.4, -0.2) is 45.3 Å². The summed E-state index contributed by atoms with van der Waals surface area (Å²) in [7, 11) is 1.81. The number of hydrazine groups is 1. The molecule has 1 aromatic heterocycles. The van der Waals surface area contributed by atoms with Crippen molar-refractivity contribution in [2.24, 2.45) is 7.05 Å². The summed E-state index contributed by atoms with van der Waals surface area (Å²) in [6.07, 6.45) is -0.532. The van der Waals surface area contributed by atoms with Crippen molar-refractivity contribution in [1.82, 2.24) is 14.9 Å².